The number of fused-ring (bicyclic) bond motifs is 1. The van der Waals surface area contributed by atoms with Gasteiger partial charge in [0.15, 0.2) is 5.96 Å². The topological polar surface area (TPSA) is 67.4 Å². The third-order valence-electron chi connectivity index (χ3n) is 6.13. The van der Waals surface area contributed by atoms with Crippen molar-refractivity contribution in [2.45, 2.75) is 31.7 Å². The van der Waals surface area contributed by atoms with Crippen LogP contribution in [0.5, 0.6) is 17.2 Å². The smallest absolute Gasteiger partial charge is 0.191 e. The zero-order valence-corrected chi connectivity index (χ0v) is 22.0. The van der Waals surface area contributed by atoms with Crippen LogP contribution in [-0.2, 0) is 0 Å². The van der Waals surface area contributed by atoms with Crippen molar-refractivity contribution >= 4 is 35.6 Å². The lowest BCUT2D eigenvalue weighted by molar-refractivity contribution is 0.269. The van der Waals surface area contributed by atoms with Gasteiger partial charge in [0.2, 0.25) is 0 Å². The molecule has 0 bridgehead atoms. The van der Waals surface area contributed by atoms with Crippen molar-refractivity contribution in [3.05, 3.63) is 48.0 Å². The second kappa shape index (κ2) is 12.2. The van der Waals surface area contributed by atoms with E-state index in [2.05, 4.69) is 52.8 Å². The normalized spacial score (nSPS) is 19.7. The Morgan fingerprint density at radius 2 is 1.88 bits per heavy atom. The van der Waals surface area contributed by atoms with E-state index in [1.54, 1.807) is 14.2 Å². The summed E-state index contributed by atoms with van der Waals surface area (Å²) in [6, 6.07) is 14.7. The van der Waals surface area contributed by atoms with E-state index in [4.69, 9.17) is 19.2 Å². The molecule has 0 amide bonds. The first-order chi connectivity index (χ1) is 15.7. The van der Waals surface area contributed by atoms with Gasteiger partial charge < -0.3 is 29.7 Å². The fraction of sp³-hybridized carbons (Fsp3) is 0.480. The van der Waals surface area contributed by atoms with E-state index in [1.165, 1.54) is 5.56 Å². The van der Waals surface area contributed by atoms with Gasteiger partial charge in [-0.25, -0.2) is 0 Å². The number of hydrogen-bond donors (Lipinski definition) is 2. The lowest BCUT2D eigenvalue weighted by Crippen LogP contribution is -2.44. The molecule has 0 saturated carbocycles. The molecule has 2 heterocycles. The van der Waals surface area contributed by atoms with Crippen LogP contribution in [0.15, 0.2) is 47.5 Å². The van der Waals surface area contributed by atoms with E-state index < -0.39 is 0 Å². The highest BCUT2D eigenvalue weighted by molar-refractivity contribution is 14.0. The van der Waals surface area contributed by atoms with Crippen LogP contribution in [0.1, 0.15) is 31.2 Å². The molecule has 2 aromatic carbocycles. The Morgan fingerprint density at radius 1 is 1.12 bits per heavy atom. The van der Waals surface area contributed by atoms with Crippen LogP contribution in [0.4, 0.5) is 5.69 Å². The van der Waals surface area contributed by atoms with E-state index in [-0.39, 0.29) is 24.0 Å². The zero-order valence-electron chi connectivity index (χ0n) is 19.7. The lowest BCUT2D eigenvalue weighted by atomic mass is 9.93. The first kappa shape index (κ1) is 25.3. The molecule has 180 valence electrons. The number of nitrogens with zero attached hydrogens (tertiary/aromatic N) is 2. The van der Waals surface area contributed by atoms with Crippen LogP contribution in [-0.4, -0.2) is 59.0 Å². The van der Waals surface area contributed by atoms with Crippen molar-refractivity contribution in [2.75, 3.05) is 51.9 Å². The van der Waals surface area contributed by atoms with E-state index in [0.717, 1.165) is 74.5 Å². The van der Waals surface area contributed by atoms with Crippen LogP contribution in [0.3, 0.4) is 0 Å². The molecule has 0 radical (unpaired) electrons. The summed E-state index contributed by atoms with van der Waals surface area (Å²) in [4.78, 5) is 7.29. The van der Waals surface area contributed by atoms with Gasteiger partial charge in [-0.3, -0.25) is 4.99 Å². The molecule has 2 unspecified atom stereocenters. The highest BCUT2D eigenvalue weighted by atomic mass is 127. The highest BCUT2D eigenvalue weighted by Crippen LogP contribution is 2.33. The van der Waals surface area contributed by atoms with E-state index in [9.17, 15) is 0 Å². The average Bonchev–Trinajstić information content (AvgIpc) is 3.31. The molecule has 0 aliphatic carbocycles. The molecule has 0 aromatic heterocycles. The number of anilines is 1. The van der Waals surface area contributed by atoms with Crippen LogP contribution < -0.4 is 29.7 Å². The molecule has 2 atom stereocenters. The number of aliphatic imine (C=N–C) groups is 1. The molecule has 2 N–H and O–H groups in total. The highest BCUT2D eigenvalue weighted by Gasteiger charge is 2.25. The quantitative estimate of drug-likeness (QED) is 0.300. The minimum absolute atomic E-state index is 0. The number of halogens is 1. The summed E-state index contributed by atoms with van der Waals surface area (Å²) in [6.45, 7) is 6.31. The summed E-state index contributed by atoms with van der Waals surface area (Å²) < 4.78 is 16.7. The number of benzene rings is 2. The molecule has 7 nitrogen and oxygen atoms in total. The maximum absolute atomic E-state index is 5.80. The van der Waals surface area contributed by atoms with Gasteiger partial charge in [0, 0.05) is 62.0 Å². The number of para-hydroxylation sites is 1. The maximum Gasteiger partial charge on any atom is 0.191 e. The van der Waals surface area contributed by atoms with Gasteiger partial charge in [-0.2, -0.15) is 0 Å². The lowest BCUT2D eigenvalue weighted by Gasteiger charge is -2.25. The molecule has 0 spiro atoms. The monoisotopic (exact) mass is 566 g/mol. The van der Waals surface area contributed by atoms with Gasteiger partial charge in [0.25, 0.3) is 0 Å². The average molecular weight is 566 g/mol. The van der Waals surface area contributed by atoms with Crippen molar-refractivity contribution in [2.24, 2.45) is 4.99 Å². The Bertz CT molecular complexity index is 917. The van der Waals surface area contributed by atoms with Crippen molar-refractivity contribution in [3.8, 4) is 17.2 Å². The van der Waals surface area contributed by atoms with Crippen LogP contribution in [0, 0.1) is 0 Å². The van der Waals surface area contributed by atoms with Gasteiger partial charge >= 0.3 is 0 Å². The maximum atomic E-state index is 5.80. The molecule has 4 rings (SSSR count). The summed E-state index contributed by atoms with van der Waals surface area (Å²) in [6.07, 6.45) is 2.04. The van der Waals surface area contributed by atoms with Crippen molar-refractivity contribution < 1.29 is 14.2 Å². The third kappa shape index (κ3) is 6.37. The first-order valence-corrected chi connectivity index (χ1v) is 11.4. The van der Waals surface area contributed by atoms with Crippen LogP contribution in [0.2, 0.25) is 0 Å². The Labute approximate surface area is 213 Å². The third-order valence-corrected chi connectivity index (χ3v) is 6.13. The summed E-state index contributed by atoms with van der Waals surface area (Å²) >= 11 is 0. The molecule has 2 aromatic rings. The second-order valence-electron chi connectivity index (χ2n) is 8.24. The number of ether oxygens (including phenoxy) is 3. The molecular formula is C25H35IN4O3. The standard InChI is InChI=1S/C25H34N4O3.HI/c1-4-26-25(27-16-18-10-12-32-24-8-6-5-7-23(18)24)28-19-9-11-29(17-19)20-13-21(30-2)15-22(14-20)31-3;/h5-8,13-15,18-19H,4,9-12,16-17H2,1-3H3,(H2,26,27,28);1H. The summed E-state index contributed by atoms with van der Waals surface area (Å²) in [5, 5.41) is 7.05. The number of nitrogens with one attached hydrogen (secondary N) is 2. The Hall–Kier alpha value is -2.36. The van der Waals surface area contributed by atoms with Crippen LogP contribution in [0.25, 0.3) is 0 Å². The van der Waals surface area contributed by atoms with Crippen molar-refractivity contribution in [1.82, 2.24) is 10.6 Å². The van der Waals surface area contributed by atoms with E-state index in [0.29, 0.717) is 12.0 Å². The van der Waals surface area contributed by atoms with Gasteiger partial charge in [0.1, 0.15) is 17.2 Å². The molecular weight excluding hydrogens is 531 g/mol. The Morgan fingerprint density at radius 3 is 2.61 bits per heavy atom. The van der Waals surface area contributed by atoms with Gasteiger partial charge in [-0.05, 0) is 31.4 Å². The fourth-order valence-corrected chi connectivity index (χ4v) is 4.41. The SMILES string of the molecule is CCNC(=NCC1CCOc2ccccc21)NC1CCN(c2cc(OC)cc(OC)c2)C1.I. The number of methoxy groups -OCH3 is 2. The predicted molar refractivity (Wildman–Crippen MR) is 144 cm³/mol. The first-order valence-electron chi connectivity index (χ1n) is 11.4. The zero-order chi connectivity index (χ0) is 22.3. The number of guanidine groups is 1. The molecule has 8 heteroatoms. The summed E-state index contributed by atoms with van der Waals surface area (Å²) in [5.41, 5.74) is 2.38. The van der Waals surface area contributed by atoms with Gasteiger partial charge in [-0.1, -0.05) is 18.2 Å². The largest absolute Gasteiger partial charge is 0.497 e. The van der Waals surface area contributed by atoms with Crippen molar-refractivity contribution in [1.29, 1.82) is 0 Å². The van der Waals surface area contributed by atoms with Gasteiger partial charge in [0.05, 0.1) is 20.8 Å². The fourth-order valence-electron chi connectivity index (χ4n) is 4.41. The molecule has 2 aliphatic heterocycles. The Balaban J connectivity index is 0.00000306. The Kier molecular flexibility index (Phi) is 9.34. The molecule has 33 heavy (non-hydrogen) atoms. The minimum atomic E-state index is 0. The number of hydrogen-bond acceptors (Lipinski definition) is 5. The molecule has 1 fully saturated rings. The minimum Gasteiger partial charge on any atom is -0.497 e. The van der Waals surface area contributed by atoms with Crippen molar-refractivity contribution in [3.63, 3.8) is 0 Å². The van der Waals surface area contributed by atoms with E-state index in [1.807, 2.05) is 12.1 Å². The van der Waals surface area contributed by atoms with Gasteiger partial charge in [-0.15, -0.1) is 24.0 Å². The summed E-state index contributed by atoms with van der Waals surface area (Å²) in [7, 11) is 3.37. The number of rotatable bonds is 7. The predicted octanol–water partition coefficient (Wildman–Crippen LogP) is 4.02. The molecule has 1 saturated heterocycles. The van der Waals surface area contributed by atoms with E-state index >= 15 is 0 Å². The summed E-state index contributed by atoms with van der Waals surface area (Å²) in [5.74, 6) is 3.88. The van der Waals surface area contributed by atoms with Crippen LogP contribution >= 0.6 is 24.0 Å². The molecule has 2 aliphatic rings. The second-order valence-corrected chi connectivity index (χ2v) is 8.24.